The molecule has 0 amide bonds. The van der Waals surface area contributed by atoms with Crippen molar-refractivity contribution in [1.82, 2.24) is 9.80 Å². The average Bonchev–Trinajstić information content (AvgIpc) is 3.04. The van der Waals surface area contributed by atoms with Crippen LogP contribution in [0.25, 0.3) is 0 Å². The number of benzene rings is 4. The minimum absolute atomic E-state index is 0.109. The van der Waals surface area contributed by atoms with Crippen LogP contribution < -0.4 is 18.9 Å². The molecule has 236 valence electrons. The molecule has 2 unspecified atom stereocenters. The third kappa shape index (κ3) is 6.26. The lowest BCUT2D eigenvalue weighted by atomic mass is 9.88. The van der Waals surface area contributed by atoms with Gasteiger partial charge in [0.15, 0.2) is 34.5 Å². The number of phenols is 2. The summed E-state index contributed by atoms with van der Waals surface area (Å²) in [5, 5.41) is 20.8. The highest BCUT2D eigenvalue weighted by Gasteiger charge is 2.28. The Kier molecular flexibility index (Phi) is 8.79. The van der Waals surface area contributed by atoms with Crippen LogP contribution in [0.2, 0.25) is 0 Å². The molecule has 0 spiro atoms. The highest BCUT2D eigenvalue weighted by molar-refractivity contribution is 5.51. The molecule has 2 atom stereocenters. The second kappa shape index (κ2) is 12.9. The van der Waals surface area contributed by atoms with E-state index in [0.29, 0.717) is 23.0 Å². The molecule has 2 aliphatic rings. The van der Waals surface area contributed by atoms with Gasteiger partial charge in [-0.3, -0.25) is 9.80 Å². The van der Waals surface area contributed by atoms with Gasteiger partial charge >= 0.3 is 0 Å². The lowest BCUT2D eigenvalue weighted by molar-refractivity contribution is 0.228. The summed E-state index contributed by atoms with van der Waals surface area (Å²) in [5.41, 5.74) is 7.00. The van der Waals surface area contributed by atoms with Crippen molar-refractivity contribution in [2.75, 3.05) is 48.5 Å². The van der Waals surface area contributed by atoms with Crippen LogP contribution in [-0.4, -0.2) is 68.5 Å². The molecule has 2 N–H and O–H groups in total. The molecule has 45 heavy (non-hydrogen) atoms. The zero-order valence-electron chi connectivity index (χ0n) is 26.7. The Labute approximate surface area is 265 Å². The van der Waals surface area contributed by atoms with Gasteiger partial charge in [0.05, 0.1) is 21.3 Å². The summed E-state index contributed by atoms with van der Waals surface area (Å²) >= 11 is 0. The fourth-order valence-corrected chi connectivity index (χ4v) is 6.74. The molecular formula is C37H42N2O6. The largest absolute Gasteiger partial charge is 0.504 e. The van der Waals surface area contributed by atoms with E-state index in [4.69, 9.17) is 18.9 Å². The number of hydrogen-bond acceptors (Lipinski definition) is 8. The van der Waals surface area contributed by atoms with Gasteiger partial charge in [-0.2, -0.15) is 0 Å². The zero-order chi connectivity index (χ0) is 31.7. The smallest absolute Gasteiger partial charge is 0.169 e. The first-order valence-electron chi connectivity index (χ1n) is 15.4. The molecule has 0 saturated heterocycles. The van der Waals surface area contributed by atoms with Crippen molar-refractivity contribution in [3.63, 3.8) is 0 Å². The summed E-state index contributed by atoms with van der Waals surface area (Å²) in [4.78, 5) is 4.69. The molecule has 6 rings (SSSR count). The molecule has 0 saturated carbocycles. The van der Waals surface area contributed by atoms with E-state index in [-0.39, 0.29) is 23.6 Å². The van der Waals surface area contributed by atoms with Crippen LogP contribution in [0.4, 0.5) is 0 Å². The van der Waals surface area contributed by atoms with E-state index in [2.05, 4.69) is 48.2 Å². The summed E-state index contributed by atoms with van der Waals surface area (Å²) in [5.74, 6) is 3.43. The van der Waals surface area contributed by atoms with Crippen LogP contribution in [0, 0.1) is 0 Å². The molecule has 0 radical (unpaired) electrons. The zero-order valence-corrected chi connectivity index (χ0v) is 26.7. The third-order valence-electron chi connectivity index (χ3n) is 9.37. The predicted molar refractivity (Wildman–Crippen MR) is 174 cm³/mol. The van der Waals surface area contributed by atoms with Gasteiger partial charge in [0.25, 0.3) is 0 Å². The minimum Gasteiger partial charge on any atom is -0.504 e. The molecule has 0 aliphatic carbocycles. The predicted octanol–water partition coefficient (Wildman–Crippen LogP) is 6.46. The Balaban J connectivity index is 1.20. The van der Waals surface area contributed by atoms with Gasteiger partial charge in [0.1, 0.15) is 5.75 Å². The monoisotopic (exact) mass is 610 g/mol. The maximum atomic E-state index is 10.5. The van der Waals surface area contributed by atoms with Crippen molar-refractivity contribution in [1.29, 1.82) is 0 Å². The number of hydrogen-bond donors (Lipinski definition) is 2. The molecular weight excluding hydrogens is 568 g/mol. The van der Waals surface area contributed by atoms with Crippen LogP contribution >= 0.6 is 0 Å². The fraction of sp³-hybridized carbons (Fsp3) is 0.351. The number of aromatic hydroxyl groups is 2. The first-order chi connectivity index (χ1) is 21.8. The highest BCUT2D eigenvalue weighted by Crippen LogP contribution is 2.41. The van der Waals surface area contributed by atoms with Crippen molar-refractivity contribution in [3.8, 4) is 40.2 Å². The second-order valence-corrected chi connectivity index (χ2v) is 12.1. The van der Waals surface area contributed by atoms with Crippen LogP contribution in [-0.2, 0) is 25.7 Å². The maximum absolute atomic E-state index is 10.5. The lowest BCUT2D eigenvalue weighted by Crippen LogP contribution is -2.33. The van der Waals surface area contributed by atoms with Gasteiger partial charge in [0.2, 0.25) is 0 Å². The summed E-state index contributed by atoms with van der Waals surface area (Å²) < 4.78 is 22.8. The van der Waals surface area contributed by atoms with Crippen LogP contribution in [0.3, 0.4) is 0 Å². The Bertz CT molecular complexity index is 1670. The first kappa shape index (κ1) is 30.6. The van der Waals surface area contributed by atoms with Crippen molar-refractivity contribution in [3.05, 3.63) is 100 Å². The van der Waals surface area contributed by atoms with E-state index in [0.717, 1.165) is 55.6 Å². The first-order valence-corrected chi connectivity index (χ1v) is 15.4. The van der Waals surface area contributed by atoms with E-state index in [9.17, 15) is 10.2 Å². The molecule has 0 bridgehead atoms. The van der Waals surface area contributed by atoms with Crippen LogP contribution in [0.15, 0.2) is 66.7 Å². The van der Waals surface area contributed by atoms with E-state index < -0.39 is 0 Å². The summed E-state index contributed by atoms with van der Waals surface area (Å²) in [6.45, 7) is 1.86. The summed E-state index contributed by atoms with van der Waals surface area (Å²) in [6, 6.07) is 22.2. The number of rotatable bonds is 9. The van der Waals surface area contributed by atoms with Crippen LogP contribution in [0.5, 0.6) is 40.2 Å². The Morgan fingerprint density at radius 3 is 1.78 bits per heavy atom. The molecule has 8 heteroatoms. The number of fused-ring (bicyclic) bond motifs is 2. The van der Waals surface area contributed by atoms with Gasteiger partial charge in [0, 0.05) is 25.2 Å². The lowest BCUT2D eigenvalue weighted by Gasteiger charge is -2.35. The molecule has 8 nitrogen and oxygen atoms in total. The molecule has 2 aliphatic heterocycles. The normalized spacial score (nSPS) is 18.2. The second-order valence-electron chi connectivity index (χ2n) is 12.1. The Morgan fingerprint density at radius 1 is 0.600 bits per heavy atom. The van der Waals surface area contributed by atoms with Crippen molar-refractivity contribution >= 4 is 0 Å². The van der Waals surface area contributed by atoms with Gasteiger partial charge in [-0.1, -0.05) is 18.2 Å². The molecule has 4 aromatic rings. The number of likely N-dealkylation sites (N-methyl/N-ethyl adjacent to an activating group) is 2. The Hall–Kier alpha value is -4.40. The van der Waals surface area contributed by atoms with Crippen molar-refractivity contribution in [2.45, 2.75) is 37.8 Å². The molecule has 0 fully saturated rings. The van der Waals surface area contributed by atoms with Crippen molar-refractivity contribution < 1.29 is 29.2 Å². The van der Waals surface area contributed by atoms with E-state index >= 15 is 0 Å². The standard InChI is InChI=1S/C37H42N2O6/c1-38-14-12-25-19-32(40)36(44-5)22-29(25)30(38)16-23-6-9-27(10-7-23)45-37-18-24(8-11-34(37)42-3)17-31-28-21-33(41)35(43-4)20-26(28)13-15-39(31)2/h6-11,18-22,30-31,40-41H,12-17H2,1-5H3. The number of methoxy groups -OCH3 is 3. The van der Waals surface area contributed by atoms with Crippen molar-refractivity contribution in [2.24, 2.45) is 0 Å². The highest BCUT2D eigenvalue weighted by atomic mass is 16.5. The van der Waals surface area contributed by atoms with Gasteiger partial charge in [-0.15, -0.1) is 0 Å². The number of nitrogens with zero attached hydrogens (tertiary/aromatic N) is 2. The van der Waals surface area contributed by atoms with Crippen LogP contribution in [0.1, 0.15) is 45.5 Å². The fourth-order valence-electron chi connectivity index (χ4n) is 6.74. The topological polar surface area (TPSA) is 83.9 Å². The van der Waals surface area contributed by atoms with Gasteiger partial charge < -0.3 is 29.2 Å². The van der Waals surface area contributed by atoms with Gasteiger partial charge in [-0.05, 0) is 122 Å². The van der Waals surface area contributed by atoms with E-state index in [1.54, 1.807) is 21.3 Å². The SMILES string of the molecule is COc1cc2c(cc1O)C(Cc1ccc(OC)c(Oc3ccc(CC4c5cc(OC)c(O)cc5CCN4C)cc3)c1)N(C)CC2. The number of ether oxygens (including phenoxy) is 4. The molecule has 4 aromatic carbocycles. The van der Waals surface area contributed by atoms with Gasteiger partial charge in [-0.25, -0.2) is 0 Å². The Morgan fingerprint density at radius 2 is 1.13 bits per heavy atom. The molecule has 0 aromatic heterocycles. The summed E-state index contributed by atoms with van der Waals surface area (Å²) in [7, 11) is 9.09. The third-order valence-corrected chi connectivity index (χ3v) is 9.37. The van der Waals surface area contributed by atoms with E-state index in [1.807, 2.05) is 42.5 Å². The average molecular weight is 611 g/mol. The van der Waals surface area contributed by atoms with E-state index in [1.165, 1.54) is 22.3 Å². The molecule has 2 heterocycles. The quantitative estimate of drug-likeness (QED) is 0.224. The minimum atomic E-state index is 0.109. The number of phenolic OH excluding ortho intramolecular Hbond substituents is 2. The maximum Gasteiger partial charge on any atom is 0.169 e. The summed E-state index contributed by atoms with van der Waals surface area (Å²) in [6.07, 6.45) is 3.39.